The Hall–Kier alpha value is 0.270. The normalized spacial score (nSPS) is 10.8. The van der Waals surface area contributed by atoms with Gasteiger partial charge in [0.15, 0.2) is 0 Å². The van der Waals surface area contributed by atoms with Crippen LogP contribution in [0.1, 0.15) is 12.0 Å². The molecule has 0 atom stereocenters. The second-order valence-electron chi connectivity index (χ2n) is 2.03. The van der Waals surface area contributed by atoms with Crippen molar-refractivity contribution >= 4 is 50.9 Å². The van der Waals surface area contributed by atoms with Gasteiger partial charge in [0, 0.05) is 3.57 Å². The summed E-state index contributed by atoms with van der Waals surface area (Å²) in [4.78, 5) is 3.74. The van der Waals surface area contributed by atoms with Crippen LogP contribution in [0.25, 0.3) is 0 Å². The van der Waals surface area contributed by atoms with Crippen molar-refractivity contribution in [3.05, 3.63) is 19.0 Å². The number of nitrogen functional groups attached to an aromatic ring is 1. The Balaban J connectivity index is 3.33. The van der Waals surface area contributed by atoms with Crippen LogP contribution in [0.4, 0.5) is 14.5 Å². The molecule has 0 amide bonds. The molecule has 0 aromatic carbocycles. The zero-order valence-corrected chi connectivity index (χ0v) is 10.0. The van der Waals surface area contributed by atoms with Crippen molar-refractivity contribution in [2.75, 3.05) is 5.73 Å². The lowest BCUT2D eigenvalue weighted by molar-refractivity contribution is 0.149. The molecule has 0 fully saturated rings. The average Bonchev–Trinajstić information content (AvgIpc) is 1.97. The zero-order chi connectivity index (χ0) is 9.30. The second-order valence-corrected chi connectivity index (χ2v) is 4.13. The fraction of sp³-hybridized carbons (Fsp3) is 0.167. The molecule has 12 heavy (non-hydrogen) atoms. The predicted octanol–water partition coefficient (Wildman–Crippen LogP) is 2.81. The van der Waals surface area contributed by atoms with E-state index in [0.717, 1.165) is 0 Å². The molecule has 0 spiro atoms. The molecule has 1 rings (SSSR count). The van der Waals surface area contributed by atoms with Crippen molar-refractivity contribution in [2.24, 2.45) is 0 Å². The van der Waals surface area contributed by atoms with Crippen LogP contribution in [0.2, 0.25) is 0 Å². The van der Waals surface area contributed by atoms with Crippen LogP contribution in [-0.2, 0) is 0 Å². The summed E-state index contributed by atoms with van der Waals surface area (Å²) in [7, 11) is 0. The summed E-state index contributed by atoms with van der Waals surface area (Å²) in [5.74, 6) is 0. The van der Waals surface area contributed by atoms with Crippen molar-refractivity contribution in [1.82, 2.24) is 4.98 Å². The van der Waals surface area contributed by atoms with Crippen LogP contribution < -0.4 is 5.73 Å². The lowest BCUT2D eigenvalue weighted by Gasteiger charge is -2.06. The third kappa shape index (κ3) is 1.95. The Morgan fingerprint density at radius 3 is 2.42 bits per heavy atom. The molecule has 0 saturated carbocycles. The maximum absolute atomic E-state index is 12.4. The van der Waals surface area contributed by atoms with Gasteiger partial charge in [0.1, 0.15) is 3.70 Å². The van der Waals surface area contributed by atoms with E-state index in [9.17, 15) is 8.78 Å². The van der Waals surface area contributed by atoms with Crippen LogP contribution in [0, 0.1) is 7.27 Å². The van der Waals surface area contributed by atoms with E-state index >= 15 is 0 Å². The van der Waals surface area contributed by atoms with Gasteiger partial charge in [-0.1, -0.05) is 0 Å². The average molecular weight is 396 g/mol. The highest BCUT2D eigenvalue weighted by Crippen LogP contribution is 2.30. The summed E-state index contributed by atoms with van der Waals surface area (Å²) < 4.78 is 25.4. The molecule has 0 aliphatic carbocycles. The molecule has 2 nitrogen and oxygen atoms in total. The first-order chi connectivity index (χ1) is 5.54. The molecule has 0 aliphatic heterocycles. The highest BCUT2D eigenvalue weighted by atomic mass is 127. The van der Waals surface area contributed by atoms with E-state index in [1.165, 1.54) is 6.20 Å². The van der Waals surface area contributed by atoms with Crippen LogP contribution >= 0.6 is 45.2 Å². The number of alkyl halides is 2. The third-order valence-electron chi connectivity index (χ3n) is 1.25. The molecule has 1 aromatic rings. The Labute approximate surface area is 95.2 Å². The molecule has 0 saturated heterocycles. The van der Waals surface area contributed by atoms with E-state index in [2.05, 4.69) is 4.98 Å². The van der Waals surface area contributed by atoms with Crippen LogP contribution in [0.3, 0.4) is 0 Å². The Morgan fingerprint density at radius 1 is 1.42 bits per heavy atom. The quantitative estimate of drug-likeness (QED) is 0.586. The molecule has 0 radical (unpaired) electrons. The van der Waals surface area contributed by atoms with Gasteiger partial charge in [0.05, 0.1) is 17.4 Å². The van der Waals surface area contributed by atoms with E-state index in [0.29, 0.717) is 13.0 Å². The standard InChI is InChI=1S/C6H4F2I2N2/c7-5(8)3-4(9)2(11)1-12-6(3)10/h1,5H,11H2. The maximum Gasteiger partial charge on any atom is 0.267 e. The number of hydrogen-bond donors (Lipinski definition) is 1. The highest BCUT2D eigenvalue weighted by molar-refractivity contribution is 14.1. The summed E-state index contributed by atoms with van der Waals surface area (Å²) >= 11 is 3.56. The van der Waals surface area contributed by atoms with Crippen molar-refractivity contribution in [2.45, 2.75) is 6.43 Å². The monoisotopic (exact) mass is 396 g/mol. The minimum atomic E-state index is -2.51. The number of nitrogens with zero attached hydrogens (tertiary/aromatic N) is 1. The van der Waals surface area contributed by atoms with Crippen molar-refractivity contribution in [3.8, 4) is 0 Å². The number of aromatic nitrogens is 1. The fourth-order valence-electron chi connectivity index (χ4n) is 0.684. The van der Waals surface area contributed by atoms with Gasteiger partial charge < -0.3 is 5.73 Å². The molecule has 6 heteroatoms. The summed E-state index contributed by atoms with van der Waals surface area (Å²) in [6.45, 7) is 0. The van der Waals surface area contributed by atoms with E-state index in [-0.39, 0.29) is 5.56 Å². The molecule has 66 valence electrons. The largest absolute Gasteiger partial charge is 0.397 e. The second kappa shape index (κ2) is 3.99. The number of anilines is 1. The lowest BCUT2D eigenvalue weighted by Crippen LogP contribution is -2.01. The predicted molar refractivity (Wildman–Crippen MR) is 59.0 cm³/mol. The van der Waals surface area contributed by atoms with E-state index in [1.54, 1.807) is 45.2 Å². The number of pyridine rings is 1. The Morgan fingerprint density at radius 2 is 2.00 bits per heavy atom. The Bertz CT molecular complexity index is 304. The van der Waals surface area contributed by atoms with Gasteiger partial charge in [0.2, 0.25) is 0 Å². The summed E-state index contributed by atoms with van der Waals surface area (Å²) in [6, 6.07) is 0. The van der Waals surface area contributed by atoms with Crippen LogP contribution in [0.5, 0.6) is 0 Å². The van der Waals surface area contributed by atoms with E-state index in [4.69, 9.17) is 5.73 Å². The van der Waals surface area contributed by atoms with Crippen LogP contribution in [-0.4, -0.2) is 4.98 Å². The van der Waals surface area contributed by atoms with Crippen molar-refractivity contribution < 1.29 is 8.78 Å². The molecule has 2 N–H and O–H groups in total. The molecule has 0 bridgehead atoms. The number of rotatable bonds is 1. The number of nitrogens with two attached hydrogens (primary N) is 1. The molecule has 0 aliphatic rings. The van der Waals surface area contributed by atoms with Gasteiger partial charge in [-0.2, -0.15) is 0 Å². The first-order valence-corrected chi connectivity index (χ1v) is 5.07. The summed E-state index contributed by atoms with van der Waals surface area (Å²) in [6.07, 6.45) is -1.13. The fourth-order valence-corrected chi connectivity index (χ4v) is 2.47. The van der Waals surface area contributed by atoms with Gasteiger partial charge in [-0.25, -0.2) is 13.8 Å². The highest BCUT2D eigenvalue weighted by Gasteiger charge is 2.18. The SMILES string of the molecule is Nc1cnc(I)c(C(F)F)c1I. The summed E-state index contributed by atoms with van der Waals surface area (Å²) in [5.41, 5.74) is 5.65. The molecule has 1 heterocycles. The van der Waals surface area contributed by atoms with Gasteiger partial charge >= 0.3 is 0 Å². The number of hydrogen-bond acceptors (Lipinski definition) is 2. The van der Waals surface area contributed by atoms with Crippen molar-refractivity contribution in [3.63, 3.8) is 0 Å². The van der Waals surface area contributed by atoms with E-state index in [1.807, 2.05) is 0 Å². The molecule has 1 aromatic heterocycles. The molecular formula is C6H4F2I2N2. The zero-order valence-electron chi connectivity index (χ0n) is 5.69. The van der Waals surface area contributed by atoms with Gasteiger partial charge in [-0.05, 0) is 45.2 Å². The topological polar surface area (TPSA) is 38.9 Å². The number of halogens is 4. The summed E-state index contributed by atoms with van der Waals surface area (Å²) in [5, 5.41) is 0. The smallest absolute Gasteiger partial charge is 0.267 e. The first-order valence-electron chi connectivity index (χ1n) is 2.91. The first kappa shape index (κ1) is 10.4. The van der Waals surface area contributed by atoms with Crippen molar-refractivity contribution in [1.29, 1.82) is 0 Å². The third-order valence-corrected chi connectivity index (χ3v) is 3.31. The van der Waals surface area contributed by atoms with Gasteiger partial charge in [-0.3, -0.25) is 0 Å². The van der Waals surface area contributed by atoms with Gasteiger partial charge in [0.25, 0.3) is 6.43 Å². The van der Waals surface area contributed by atoms with Gasteiger partial charge in [-0.15, -0.1) is 0 Å². The molecular weight excluding hydrogens is 392 g/mol. The lowest BCUT2D eigenvalue weighted by atomic mass is 10.3. The maximum atomic E-state index is 12.4. The Kier molecular flexibility index (Phi) is 3.44. The molecule has 0 unspecified atom stereocenters. The van der Waals surface area contributed by atoms with Crippen LogP contribution in [0.15, 0.2) is 6.20 Å². The minimum Gasteiger partial charge on any atom is -0.397 e. The van der Waals surface area contributed by atoms with E-state index < -0.39 is 6.43 Å². The minimum absolute atomic E-state index is 0.0730.